The molecule has 4 rings (SSSR count). The highest BCUT2D eigenvalue weighted by Crippen LogP contribution is 2.34. The van der Waals surface area contributed by atoms with Crippen LogP contribution in [0.5, 0.6) is 0 Å². The molecule has 0 aliphatic heterocycles. The van der Waals surface area contributed by atoms with E-state index < -0.39 is 0 Å². The number of carbonyl (C=O) groups is 1. The lowest BCUT2D eigenvalue weighted by molar-refractivity contribution is -0.116. The summed E-state index contributed by atoms with van der Waals surface area (Å²) in [6.07, 6.45) is 4.43. The van der Waals surface area contributed by atoms with Gasteiger partial charge in [0.1, 0.15) is 5.76 Å². The van der Waals surface area contributed by atoms with Crippen LogP contribution in [0.2, 0.25) is 0 Å². The molecule has 33 heavy (non-hydrogen) atoms. The number of ketones is 1. The first-order valence-corrected chi connectivity index (χ1v) is 12.1. The molecule has 1 aromatic heterocycles. The molecule has 2 aromatic carbocycles. The summed E-state index contributed by atoms with van der Waals surface area (Å²) in [6, 6.07) is 16.5. The summed E-state index contributed by atoms with van der Waals surface area (Å²) in [6.45, 7) is 6.96. The number of aliphatic imine (C=N–C) groups is 1. The summed E-state index contributed by atoms with van der Waals surface area (Å²) < 4.78 is 0. The fraction of sp³-hybridized carbons (Fsp3) is 0.379. The van der Waals surface area contributed by atoms with E-state index in [0.717, 1.165) is 42.5 Å². The van der Waals surface area contributed by atoms with Crippen molar-refractivity contribution < 1.29 is 9.90 Å². The summed E-state index contributed by atoms with van der Waals surface area (Å²) in [4.78, 5) is 21.5. The summed E-state index contributed by atoms with van der Waals surface area (Å²) in [5.41, 5.74) is 7.20. The average Bonchev–Trinajstić information content (AvgIpc) is 3.11. The molecule has 0 spiro atoms. The number of rotatable bonds is 8. The van der Waals surface area contributed by atoms with Crippen molar-refractivity contribution in [3.05, 3.63) is 82.2 Å². The zero-order valence-electron chi connectivity index (χ0n) is 19.9. The second kappa shape index (κ2) is 10.2. The van der Waals surface area contributed by atoms with Crippen LogP contribution in [-0.4, -0.2) is 28.1 Å². The van der Waals surface area contributed by atoms with Crippen LogP contribution >= 0.6 is 0 Å². The van der Waals surface area contributed by atoms with Gasteiger partial charge in [-0.05, 0) is 62.3 Å². The standard InChI is InChI=1S/C29H34N2O2/c1-4-5-11-26(29-27(32)17-22(18-28(29)33)21-9-7-6-8-10-21)30-15-14-23-20(3)31-25-13-12-19(2)16-24(23)25/h6-10,12-13,16,22,31-32H,4-5,11,14-15,17-18H2,1-3H3. The Balaban J connectivity index is 1.57. The maximum Gasteiger partial charge on any atom is 0.168 e. The van der Waals surface area contributed by atoms with Gasteiger partial charge in [0.2, 0.25) is 0 Å². The van der Waals surface area contributed by atoms with Crippen LogP contribution in [0.3, 0.4) is 0 Å². The van der Waals surface area contributed by atoms with E-state index in [0.29, 0.717) is 25.0 Å². The molecule has 0 fully saturated rings. The molecule has 0 bridgehead atoms. The minimum atomic E-state index is 0.0151. The van der Waals surface area contributed by atoms with Crippen molar-refractivity contribution >= 4 is 22.4 Å². The number of hydrogen-bond donors (Lipinski definition) is 2. The molecule has 0 radical (unpaired) electrons. The fourth-order valence-corrected chi connectivity index (χ4v) is 4.93. The number of Topliss-reactive ketones (excluding diaryl/α,β-unsaturated/α-hetero) is 1. The maximum absolute atomic E-state index is 13.1. The number of allylic oxidation sites excluding steroid dienone is 2. The molecule has 0 saturated heterocycles. The second-order valence-electron chi connectivity index (χ2n) is 9.22. The molecular weight excluding hydrogens is 408 g/mol. The van der Waals surface area contributed by atoms with Gasteiger partial charge >= 0.3 is 0 Å². The number of aromatic nitrogens is 1. The molecule has 4 heteroatoms. The van der Waals surface area contributed by atoms with Gasteiger partial charge in [0.25, 0.3) is 0 Å². The van der Waals surface area contributed by atoms with E-state index in [1.165, 1.54) is 22.2 Å². The first kappa shape index (κ1) is 23.0. The number of aryl methyl sites for hydroxylation is 2. The zero-order valence-corrected chi connectivity index (χ0v) is 19.9. The SMILES string of the molecule is CCCCC(=NCCc1c(C)[nH]c2ccc(C)cc12)C1=C(O)CC(c2ccccc2)CC1=O. The number of benzene rings is 2. The molecule has 0 amide bonds. The first-order valence-electron chi connectivity index (χ1n) is 12.1. The van der Waals surface area contributed by atoms with Crippen molar-refractivity contribution in [3.63, 3.8) is 0 Å². The summed E-state index contributed by atoms with van der Waals surface area (Å²) in [7, 11) is 0. The molecule has 1 atom stereocenters. The molecule has 0 saturated carbocycles. The Morgan fingerprint density at radius 3 is 2.64 bits per heavy atom. The van der Waals surface area contributed by atoms with Crippen LogP contribution in [0.1, 0.15) is 67.3 Å². The smallest absolute Gasteiger partial charge is 0.168 e. The predicted molar refractivity (Wildman–Crippen MR) is 136 cm³/mol. The van der Waals surface area contributed by atoms with Crippen LogP contribution in [0.25, 0.3) is 10.9 Å². The molecule has 172 valence electrons. The largest absolute Gasteiger partial charge is 0.511 e. The number of aliphatic hydroxyl groups excluding tert-OH is 1. The number of nitrogens with one attached hydrogen (secondary N) is 1. The van der Waals surface area contributed by atoms with Crippen LogP contribution in [0.4, 0.5) is 0 Å². The zero-order chi connectivity index (χ0) is 23.4. The average molecular weight is 443 g/mol. The van der Waals surface area contributed by atoms with Crippen LogP contribution in [0, 0.1) is 13.8 Å². The minimum absolute atomic E-state index is 0.0151. The van der Waals surface area contributed by atoms with Gasteiger partial charge in [0, 0.05) is 41.7 Å². The normalized spacial score (nSPS) is 17.2. The molecule has 2 N–H and O–H groups in total. The lowest BCUT2D eigenvalue weighted by Crippen LogP contribution is -2.24. The molecule has 1 aliphatic carbocycles. The Morgan fingerprint density at radius 1 is 1.12 bits per heavy atom. The van der Waals surface area contributed by atoms with Gasteiger partial charge in [0.05, 0.1) is 5.57 Å². The van der Waals surface area contributed by atoms with Gasteiger partial charge in [-0.2, -0.15) is 0 Å². The van der Waals surface area contributed by atoms with Gasteiger partial charge in [-0.1, -0.05) is 55.3 Å². The van der Waals surface area contributed by atoms with E-state index in [4.69, 9.17) is 4.99 Å². The number of aliphatic hydroxyl groups is 1. The van der Waals surface area contributed by atoms with E-state index in [-0.39, 0.29) is 17.5 Å². The van der Waals surface area contributed by atoms with Gasteiger partial charge in [-0.25, -0.2) is 0 Å². The molecule has 3 aromatic rings. The van der Waals surface area contributed by atoms with Gasteiger partial charge in [0.15, 0.2) is 5.78 Å². The molecular formula is C29H34N2O2. The number of unbranched alkanes of at least 4 members (excludes halogenated alkanes) is 1. The van der Waals surface area contributed by atoms with E-state index in [2.05, 4.69) is 44.0 Å². The highest BCUT2D eigenvalue weighted by molar-refractivity contribution is 6.23. The molecule has 1 heterocycles. The Labute approximate surface area is 196 Å². The van der Waals surface area contributed by atoms with E-state index in [1.807, 2.05) is 30.3 Å². The van der Waals surface area contributed by atoms with Crippen LogP contribution < -0.4 is 0 Å². The third-order valence-corrected chi connectivity index (χ3v) is 6.71. The number of hydrogen-bond acceptors (Lipinski definition) is 3. The third-order valence-electron chi connectivity index (χ3n) is 6.71. The fourth-order valence-electron chi connectivity index (χ4n) is 4.93. The van der Waals surface area contributed by atoms with E-state index in [1.54, 1.807) is 0 Å². The van der Waals surface area contributed by atoms with Crippen LogP contribution in [0.15, 0.2) is 64.9 Å². The van der Waals surface area contributed by atoms with Crippen molar-refractivity contribution in [3.8, 4) is 0 Å². The van der Waals surface area contributed by atoms with Gasteiger partial charge in [-0.3, -0.25) is 9.79 Å². The summed E-state index contributed by atoms with van der Waals surface area (Å²) >= 11 is 0. The van der Waals surface area contributed by atoms with Crippen molar-refractivity contribution in [2.45, 2.75) is 65.2 Å². The Hall–Kier alpha value is -3.14. The Morgan fingerprint density at radius 2 is 1.91 bits per heavy atom. The topological polar surface area (TPSA) is 65.4 Å². The van der Waals surface area contributed by atoms with Crippen LogP contribution in [-0.2, 0) is 11.2 Å². The minimum Gasteiger partial charge on any atom is -0.511 e. The number of H-pyrrole nitrogens is 1. The molecule has 1 unspecified atom stereocenters. The van der Waals surface area contributed by atoms with Crippen molar-refractivity contribution in [2.24, 2.45) is 4.99 Å². The predicted octanol–water partition coefficient (Wildman–Crippen LogP) is 6.92. The second-order valence-corrected chi connectivity index (χ2v) is 9.22. The summed E-state index contributed by atoms with van der Waals surface area (Å²) in [5.74, 6) is 0.252. The lowest BCUT2D eigenvalue weighted by atomic mass is 9.80. The van der Waals surface area contributed by atoms with E-state index >= 15 is 0 Å². The number of nitrogens with zero attached hydrogens (tertiary/aromatic N) is 1. The maximum atomic E-state index is 13.1. The highest BCUT2D eigenvalue weighted by atomic mass is 16.3. The van der Waals surface area contributed by atoms with Crippen molar-refractivity contribution in [1.29, 1.82) is 0 Å². The van der Waals surface area contributed by atoms with Gasteiger partial charge < -0.3 is 10.1 Å². The Bertz CT molecular complexity index is 1200. The lowest BCUT2D eigenvalue weighted by Gasteiger charge is -2.24. The summed E-state index contributed by atoms with van der Waals surface area (Å²) in [5, 5.41) is 12.2. The monoisotopic (exact) mass is 442 g/mol. The number of carbonyl (C=O) groups excluding carboxylic acids is 1. The quantitative estimate of drug-likeness (QED) is 0.372. The van der Waals surface area contributed by atoms with Crippen molar-refractivity contribution in [2.75, 3.05) is 6.54 Å². The number of aromatic amines is 1. The van der Waals surface area contributed by atoms with Crippen molar-refractivity contribution in [1.82, 2.24) is 4.98 Å². The molecule has 1 aliphatic rings. The highest BCUT2D eigenvalue weighted by Gasteiger charge is 2.31. The third kappa shape index (κ3) is 5.11. The molecule has 4 nitrogen and oxygen atoms in total. The first-order chi connectivity index (χ1) is 16.0. The Kier molecular flexibility index (Phi) is 7.12. The van der Waals surface area contributed by atoms with Gasteiger partial charge in [-0.15, -0.1) is 0 Å². The van der Waals surface area contributed by atoms with E-state index in [9.17, 15) is 9.90 Å². The number of fused-ring (bicyclic) bond motifs is 1.